The number of nitrogens with zero attached hydrogens (tertiary/aromatic N) is 3. The van der Waals surface area contributed by atoms with E-state index in [0.717, 1.165) is 31.7 Å². The zero-order valence-electron chi connectivity index (χ0n) is 9.80. The molecule has 92 valence electrons. The number of aromatic nitrogens is 2. The van der Waals surface area contributed by atoms with Crippen molar-refractivity contribution >= 4 is 11.8 Å². The molecule has 0 radical (unpaired) electrons. The molecule has 2 N–H and O–H groups in total. The fourth-order valence-electron chi connectivity index (χ4n) is 1.93. The number of anilines is 1. The van der Waals surface area contributed by atoms with E-state index in [-0.39, 0.29) is 11.7 Å². The van der Waals surface area contributed by atoms with Crippen molar-refractivity contribution in [1.82, 2.24) is 10.2 Å². The first-order chi connectivity index (χ1) is 8.20. The van der Waals surface area contributed by atoms with Gasteiger partial charge in [-0.2, -0.15) is 0 Å². The predicted molar refractivity (Wildman–Crippen MR) is 62.8 cm³/mol. The quantitative estimate of drug-likeness (QED) is 0.738. The van der Waals surface area contributed by atoms with Crippen molar-refractivity contribution in [1.29, 1.82) is 0 Å². The molecule has 1 aromatic heterocycles. The van der Waals surface area contributed by atoms with Crippen LogP contribution in [0.2, 0.25) is 0 Å². The van der Waals surface area contributed by atoms with Gasteiger partial charge in [-0.3, -0.25) is 0 Å². The van der Waals surface area contributed by atoms with Crippen LogP contribution in [0.25, 0.3) is 0 Å². The zero-order valence-corrected chi connectivity index (χ0v) is 9.80. The third kappa shape index (κ3) is 2.71. The van der Waals surface area contributed by atoms with E-state index < -0.39 is 5.97 Å². The highest BCUT2D eigenvalue weighted by molar-refractivity contribution is 5.86. The topological polar surface area (TPSA) is 81.3 Å². The van der Waals surface area contributed by atoms with Crippen LogP contribution in [0.15, 0.2) is 12.1 Å². The number of carbonyl (C=O) groups excluding carboxylic acids is 1. The largest absolute Gasteiger partial charge is 0.464 e. The summed E-state index contributed by atoms with van der Waals surface area (Å²) in [7, 11) is 1.32. The summed E-state index contributed by atoms with van der Waals surface area (Å²) in [6, 6.07) is 3.58. The van der Waals surface area contributed by atoms with Gasteiger partial charge in [-0.1, -0.05) is 0 Å². The third-order valence-electron chi connectivity index (χ3n) is 2.83. The van der Waals surface area contributed by atoms with E-state index in [1.165, 1.54) is 7.11 Å². The van der Waals surface area contributed by atoms with Crippen LogP contribution in [-0.2, 0) is 4.74 Å². The van der Waals surface area contributed by atoms with Crippen molar-refractivity contribution in [2.45, 2.75) is 18.9 Å². The molecule has 6 heteroatoms. The van der Waals surface area contributed by atoms with Crippen LogP contribution in [-0.4, -0.2) is 42.4 Å². The van der Waals surface area contributed by atoms with Gasteiger partial charge in [0.05, 0.1) is 7.11 Å². The Morgan fingerprint density at radius 1 is 1.53 bits per heavy atom. The van der Waals surface area contributed by atoms with Crippen molar-refractivity contribution < 1.29 is 9.53 Å². The van der Waals surface area contributed by atoms with E-state index in [9.17, 15) is 4.79 Å². The zero-order chi connectivity index (χ0) is 12.3. The standard InChI is InChI=1S/C11H16N4O2/c1-17-11(16)9-4-5-10(14-13-9)15-6-2-3-8(12)7-15/h4-5,8H,2-3,6-7,12H2,1H3. The molecule has 2 heterocycles. The van der Waals surface area contributed by atoms with Gasteiger partial charge in [0, 0.05) is 19.1 Å². The van der Waals surface area contributed by atoms with Gasteiger partial charge in [-0.05, 0) is 25.0 Å². The number of hydrogen-bond donors (Lipinski definition) is 1. The number of nitrogens with two attached hydrogens (primary N) is 1. The SMILES string of the molecule is COC(=O)c1ccc(N2CCCC(N)C2)nn1. The lowest BCUT2D eigenvalue weighted by Gasteiger charge is -2.31. The minimum absolute atomic E-state index is 0.186. The summed E-state index contributed by atoms with van der Waals surface area (Å²) in [5, 5.41) is 7.87. The minimum Gasteiger partial charge on any atom is -0.464 e. The molecule has 0 bridgehead atoms. The normalized spacial score (nSPS) is 20.1. The minimum atomic E-state index is -0.473. The van der Waals surface area contributed by atoms with Crippen molar-refractivity contribution in [2.75, 3.05) is 25.1 Å². The summed E-state index contributed by atoms with van der Waals surface area (Å²) >= 11 is 0. The maximum atomic E-state index is 11.2. The fourth-order valence-corrected chi connectivity index (χ4v) is 1.93. The van der Waals surface area contributed by atoms with Gasteiger partial charge in [-0.15, -0.1) is 10.2 Å². The van der Waals surface area contributed by atoms with Crippen molar-refractivity contribution in [3.8, 4) is 0 Å². The molecular formula is C11H16N4O2. The first-order valence-electron chi connectivity index (χ1n) is 5.63. The van der Waals surface area contributed by atoms with E-state index >= 15 is 0 Å². The Bertz CT molecular complexity index is 393. The number of methoxy groups -OCH3 is 1. The molecule has 0 saturated carbocycles. The molecule has 0 amide bonds. The van der Waals surface area contributed by atoms with Gasteiger partial charge >= 0.3 is 5.97 Å². The Morgan fingerprint density at radius 2 is 2.35 bits per heavy atom. The number of hydrogen-bond acceptors (Lipinski definition) is 6. The van der Waals surface area contributed by atoms with Crippen molar-refractivity contribution in [3.05, 3.63) is 17.8 Å². The van der Waals surface area contributed by atoms with Gasteiger partial charge in [-0.25, -0.2) is 4.79 Å². The van der Waals surface area contributed by atoms with Gasteiger partial charge in [0.25, 0.3) is 0 Å². The van der Waals surface area contributed by atoms with Crippen LogP contribution >= 0.6 is 0 Å². The van der Waals surface area contributed by atoms with Gasteiger partial charge in [0.15, 0.2) is 11.5 Å². The highest BCUT2D eigenvalue weighted by atomic mass is 16.5. The summed E-state index contributed by atoms with van der Waals surface area (Å²) in [5.41, 5.74) is 6.12. The predicted octanol–water partition coefficient (Wildman–Crippen LogP) is 0.191. The molecule has 1 aromatic rings. The molecular weight excluding hydrogens is 220 g/mol. The summed E-state index contributed by atoms with van der Waals surface area (Å²) in [6.07, 6.45) is 2.10. The van der Waals surface area contributed by atoms with Crippen LogP contribution in [0.5, 0.6) is 0 Å². The molecule has 2 rings (SSSR count). The number of piperidine rings is 1. The lowest BCUT2D eigenvalue weighted by atomic mass is 10.1. The first kappa shape index (κ1) is 11.8. The second-order valence-corrected chi connectivity index (χ2v) is 4.12. The summed E-state index contributed by atoms with van der Waals surface area (Å²) in [5.74, 6) is 0.284. The Balaban J connectivity index is 2.09. The smallest absolute Gasteiger partial charge is 0.358 e. The van der Waals surface area contributed by atoms with Crippen LogP contribution in [0.3, 0.4) is 0 Å². The molecule has 1 atom stereocenters. The van der Waals surface area contributed by atoms with Crippen LogP contribution in [0, 0.1) is 0 Å². The number of carbonyl (C=O) groups is 1. The lowest BCUT2D eigenvalue weighted by Crippen LogP contribution is -2.43. The van der Waals surface area contributed by atoms with Gasteiger partial charge in [0.1, 0.15) is 0 Å². The summed E-state index contributed by atoms with van der Waals surface area (Å²) in [4.78, 5) is 13.3. The van der Waals surface area contributed by atoms with Crippen molar-refractivity contribution in [3.63, 3.8) is 0 Å². The van der Waals surface area contributed by atoms with Crippen LogP contribution in [0.4, 0.5) is 5.82 Å². The molecule has 1 fully saturated rings. The molecule has 6 nitrogen and oxygen atoms in total. The van der Waals surface area contributed by atoms with E-state index in [0.29, 0.717) is 0 Å². The monoisotopic (exact) mass is 236 g/mol. The maximum absolute atomic E-state index is 11.2. The summed E-state index contributed by atoms with van der Waals surface area (Å²) in [6.45, 7) is 1.71. The number of esters is 1. The molecule has 1 aliphatic rings. The Labute approximate surface area is 99.8 Å². The van der Waals surface area contributed by atoms with E-state index in [2.05, 4.69) is 19.8 Å². The molecule has 0 spiro atoms. The lowest BCUT2D eigenvalue weighted by molar-refractivity contribution is 0.0592. The highest BCUT2D eigenvalue weighted by Crippen LogP contribution is 2.16. The first-order valence-corrected chi connectivity index (χ1v) is 5.63. The molecule has 0 aromatic carbocycles. The Hall–Kier alpha value is -1.69. The second kappa shape index (κ2) is 5.09. The second-order valence-electron chi connectivity index (χ2n) is 4.12. The van der Waals surface area contributed by atoms with Gasteiger partial charge < -0.3 is 15.4 Å². The fraction of sp³-hybridized carbons (Fsp3) is 0.545. The molecule has 1 saturated heterocycles. The number of rotatable bonds is 2. The highest BCUT2D eigenvalue weighted by Gasteiger charge is 2.18. The van der Waals surface area contributed by atoms with Crippen LogP contribution < -0.4 is 10.6 Å². The number of ether oxygens (including phenoxy) is 1. The summed E-state index contributed by atoms with van der Waals surface area (Å²) < 4.78 is 4.56. The van der Waals surface area contributed by atoms with Crippen LogP contribution in [0.1, 0.15) is 23.3 Å². The molecule has 0 aliphatic carbocycles. The third-order valence-corrected chi connectivity index (χ3v) is 2.83. The molecule has 17 heavy (non-hydrogen) atoms. The molecule has 1 unspecified atom stereocenters. The average molecular weight is 236 g/mol. The van der Waals surface area contributed by atoms with Gasteiger partial charge in [0.2, 0.25) is 0 Å². The van der Waals surface area contributed by atoms with E-state index in [1.54, 1.807) is 12.1 Å². The Kier molecular flexibility index (Phi) is 3.53. The van der Waals surface area contributed by atoms with E-state index in [4.69, 9.17) is 5.73 Å². The van der Waals surface area contributed by atoms with Crippen molar-refractivity contribution in [2.24, 2.45) is 5.73 Å². The average Bonchev–Trinajstić information content (AvgIpc) is 2.38. The Morgan fingerprint density at radius 3 is 2.94 bits per heavy atom. The van der Waals surface area contributed by atoms with E-state index in [1.807, 2.05) is 0 Å². The molecule has 1 aliphatic heterocycles. The maximum Gasteiger partial charge on any atom is 0.358 e.